The molecule has 1 aliphatic rings. The molecule has 0 aliphatic carbocycles. The van der Waals surface area contributed by atoms with Crippen LogP contribution >= 0.6 is 11.3 Å². The molecule has 4 rings (SSSR count). The lowest BCUT2D eigenvalue weighted by Crippen LogP contribution is -1.92. The minimum absolute atomic E-state index is 0.0665. The highest BCUT2D eigenvalue weighted by Gasteiger charge is 2.16. The van der Waals surface area contributed by atoms with E-state index in [2.05, 4.69) is 11.1 Å². The van der Waals surface area contributed by atoms with Crippen LogP contribution in [-0.2, 0) is 0 Å². The average Bonchev–Trinajstić information content (AvgIpc) is 3.37. The Morgan fingerprint density at radius 3 is 2.96 bits per heavy atom. The van der Waals surface area contributed by atoms with Crippen LogP contribution in [0, 0.1) is 11.3 Å². The Kier molecular flexibility index (Phi) is 4.87. The molecule has 2 aromatic carbocycles. The second kappa shape index (κ2) is 7.62. The predicted molar refractivity (Wildman–Crippen MR) is 106 cm³/mol. The Bertz CT molecular complexity index is 1100. The van der Waals surface area contributed by atoms with Gasteiger partial charge in [0.1, 0.15) is 11.1 Å². The van der Waals surface area contributed by atoms with Gasteiger partial charge < -0.3 is 19.3 Å². The Morgan fingerprint density at radius 2 is 2.14 bits per heavy atom. The van der Waals surface area contributed by atoms with E-state index in [9.17, 15) is 10.4 Å². The number of allylic oxidation sites excluding steroid dienone is 1. The van der Waals surface area contributed by atoms with Gasteiger partial charge in [-0.15, -0.1) is 11.3 Å². The average molecular weight is 392 g/mol. The zero-order chi connectivity index (χ0) is 19.5. The summed E-state index contributed by atoms with van der Waals surface area (Å²) in [5.74, 6) is 1.86. The lowest BCUT2D eigenvalue weighted by atomic mass is 10.1. The van der Waals surface area contributed by atoms with Crippen molar-refractivity contribution in [1.82, 2.24) is 4.98 Å². The van der Waals surface area contributed by atoms with Gasteiger partial charge in [0.05, 0.1) is 17.9 Å². The maximum absolute atomic E-state index is 9.83. The van der Waals surface area contributed by atoms with Crippen LogP contribution in [0.5, 0.6) is 23.0 Å². The van der Waals surface area contributed by atoms with E-state index in [1.807, 2.05) is 30.5 Å². The molecular weight excluding hydrogens is 376 g/mol. The van der Waals surface area contributed by atoms with Crippen LogP contribution in [0.3, 0.4) is 0 Å². The fraction of sp³-hybridized carbons (Fsp3) is 0.143. The number of aromatic hydroxyl groups is 1. The van der Waals surface area contributed by atoms with E-state index < -0.39 is 0 Å². The molecule has 1 aromatic heterocycles. The lowest BCUT2D eigenvalue weighted by Gasteiger charge is -2.06. The van der Waals surface area contributed by atoms with E-state index >= 15 is 0 Å². The third-order valence-electron chi connectivity index (χ3n) is 4.12. The summed E-state index contributed by atoms with van der Waals surface area (Å²) in [5.41, 5.74) is 2.84. The molecule has 0 unspecified atom stereocenters. The molecule has 2 heterocycles. The third-order valence-corrected chi connectivity index (χ3v) is 4.99. The van der Waals surface area contributed by atoms with Gasteiger partial charge in [0.15, 0.2) is 23.0 Å². The molecule has 0 radical (unpaired) electrons. The molecular formula is C21H16N2O4S. The van der Waals surface area contributed by atoms with E-state index in [0.29, 0.717) is 34.4 Å². The van der Waals surface area contributed by atoms with Crippen molar-refractivity contribution in [1.29, 1.82) is 5.26 Å². The number of rotatable bonds is 5. The normalized spacial score (nSPS) is 12.6. The number of nitriles is 1. The first-order valence-corrected chi connectivity index (χ1v) is 9.49. The number of hydrogen-bond acceptors (Lipinski definition) is 7. The van der Waals surface area contributed by atoms with Crippen molar-refractivity contribution in [3.8, 4) is 40.3 Å². The van der Waals surface area contributed by atoms with Crippen molar-refractivity contribution in [3.63, 3.8) is 0 Å². The Labute approximate surface area is 165 Å². The number of benzene rings is 2. The first-order valence-electron chi connectivity index (χ1n) is 8.61. The van der Waals surface area contributed by atoms with E-state index in [1.165, 1.54) is 11.3 Å². The number of nitrogens with zero attached hydrogens (tertiary/aromatic N) is 2. The Hall–Kier alpha value is -3.50. The summed E-state index contributed by atoms with van der Waals surface area (Å²) in [5, 5.41) is 22.0. The highest BCUT2D eigenvalue weighted by molar-refractivity contribution is 7.11. The van der Waals surface area contributed by atoms with Gasteiger partial charge in [-0.25, -0.2) is 4.98 Å². The summed E-state index contributed by atoms with van der Waals surface area (Å²) in [6.07, 6.45) is 1.73. The largest absolute Gasteiger partial charge is 0.504 e. The quantitative estimate of drug-likeness (QED) is 0.633. The van der Waals surface area contributed by atoms with Gasteiger partial charge in [0.25, 0.3) is 0 Å². The number of hydrogen-bond donors (Lipinski definition) is 1. The first-order chi connectivity index (χ1) is 13.7. The van der Waals surface area contributed by atoms with Crippen molar-refractivity contribution in [2.24, 2.45) is 0 Å². The summed E-state index contributed by atoms with van der Waals surface area (Å²) >= 11 is 1.39. The van der Waals surface area contributed by atoms with Crippen molar-refractivity contribution >= 4 is 23.0 Å². The van der Waals surface area contributed by atoms with Crippen molar-refractivity contribution in [2.75, 3.05) is 13.4 Å². The van der Waals surface area contributed by atoms with Gasteiger partial charge in [-0.05, 0) is 48.9 Å². The molecule has 0 saturated carbocycles. The summed E-state index contributed by atoms with van der Waals surface area (Å²) in [6.45, 7) is 2.51. The van der Waals surface area contributed by atoms with Gasteiger partial charge in [-0.1, -0.05) is 6.07 Å². The second-order valence-corrected chi connectivity index (χ2v) is 6.79. The van der Waals surface area contributed by atoms with Crippen LogP contribution in [-0.4, -0.2) is 23.5 Å². The van der Waals surface area contributed by atoms with Gasteiger partial charge in [0.2, 0.25) is 6.79 Å². The maximum Gasteiger partial charge on any atom is 0.231 e. The smallest absolute Gasteiger partial charge is 0.231 e. The summed E-state index contributed by atoms with van der Waals surface area (Å²) < 4.78 is 16.1. The fourth-order valence-corrected chi connectivity index (χ4v) is 3.58. The molecule has 28 heavy (non-hydrogen) atoms. The molecule has 0 amide bonds. The molecule has 0 bridgehead atoms. The van der Waals surface area contributed by atoms with E-state index in [-0.39, 0.29) is 12.5 Å². The number of ether oxygens (including phenoxy) is 3. The van der Waals surface area contributed by atoms with Crippen LogP contribution < -0.4 is 14.2 Å². The number of phenols is 1. The van der Waals surface area contributed by atoms with Crippen molar-refractivity contribution in [3.05, 3.63) is 52.3 Å². The number of phenolic OH excluding ortho intramolecular Hbond substituents is 1. The molecule has 7 heteroatoms. The van der Waals surface area contributed by atoms with E-state index in [1.54, 1.807) is 24.3 Å². The zero-order valence-electron chi connectivity index (χ0n) is 15.0. The SMILES string of the molecule is CCOc1cc(C=C(C#N)c2nc(-c3ccc4c(c3)OCO4)cs2)ccc1O. The highest BCUT2D eigenvalue weighted by atomic mass is 32.1. The molecule has 3 aromatic rings. The molecule has 140 valence electrons. The van der Waals surface area contributed by atoms with E-state index in [0.717, 1.165) is 16.8 Å². The zero-order valence-corrected chi connectivity index (χ0v) is 15.8. The number of thiazole rings is 1. The molecule has 0 fully saturated rings. The minimum Gasteiger partial charge on any atom is -0.504 e. The maximum atomic E-state index is 9.83. The predicted octanol–water partition coefficient (Wildman–Crippen LogP) is 4.71. The second-order valence-electron chi connectivity index (χ2n) is 5.94. The Balaban J connectivity index is 1.64. The van der Waals surface area contributed by atoms with Crippen LogP contribution in [0.1, 0.15) is 17.5 Å². The van der Waals surface area contributed by atoms with Crippen molar-refractivity contribution in [2.45, 2.75) is 6.92 Å². The van der Waals surface area contributed by atoms with E-state index in [4.69, 9.17) is 14.2 Å². The third kappa shape index (κ3) is 3.50. The Morgan fingerprint density at radius 1 is 1.29 bits per heavy atom. The van der Waals surface area contributed by atoms with Gasteiger partial charge in [-0.3, -0.25) is 0 Å². The van der Waals surface area contributed by atoms with Gasteiger partial charge in [0, 0.05) is 10.9 Å². The lowest BCUT2D eigenvalue weighted by molar-refractivity contribution is 0.174. The number of fused-ring (bicyclic) bond motifs is 1. The molecule has 0 atom stereocenters. The summed E-state index contributed by atoms with van der Waals surface area (Å²) in [6, 6.07) is 12.8. The minimum atomic E-state index is 0.0665. The van der Waals surface area contributed by atoms with Gasteiger partial charge in [-0.2, -0.15) is 5.26 Å². The summed E-state index contributed by atoms with van der Waals surface area (Å²) in [7, 11) is 0. The molecule has 1 N–H and O–H groups in total. The van der Waals surface area contributed by atoms with Crippen LogP contribution in [0.15, 0.2) is 41.8 Å². The molecule has 0 saturated heterocycles. The molecule has 0 spiro atoms. The highest BCUT2D eigenvalue weighted by Crippen LogP contribution is 2.37. The fourth-order valence-electron chi connectivity index (χ4n) is 2.79. The number of aromatic nitrogens is 1. The van der Waals surface area contributed by atoms with Crippen LogP contribution in [0.25, 0.3) is 22.9 Å². The summed E-state index contributed by atoms with van der Waals surface area (Å²) in [4.78, 5) is 4.60. The van der Waals surface area contributed by atoms with Crippen LogP contribution in [0.4, 0.5) is 0 Å². The standard InChI is InChI=1S/C21H16N2O4S/c1-2-25-19-8-13(3-5-17(19)24)7-15(10-22)21-23-16(11-28-21)14-4-6-18-20(9-14)27-12-26-18/h3-9,11,24H,2,12H2,1H3. The first kappa shape index (κ1) is 17.9. The van der Waals surface area contributed by atoms with Crippen LogP contribution in [0.2, 0.25) is 0 Å². The molecule has 6 nitrogen and oxygen atoms in total. The monoisotopic (exact) mass is 392 g/mol. The molecule has 1 aliphatic heterocycles. The van der Waals surface area contributed by atoms with Gasteiger partial charge >= 0.3 is 0 Å². The van der Waals surface area contributed by atoms with Crippen molar-refractivity contribution < 1.29 is 19.3 Å². The topological polar surface area (TPSA) is 84.6 Å².